The third kappa shape index (κ3) is 2.51. The normalized spacial score (nSPS) is 15.0. The third-order valence-electron chi connectivity index (χ3n) is 1.36. The fraction of sp³-hybridized carbons (Fsp3) is 0.750. The molecule has 0 aliphatic heterocycles. The number of carbonyl (C=O) groups is 1. The van der Waals surface area contributed by atoms with E-state index in [4.69, 9.17) is 15.1 Å². The topological polar surface area (TPSA) is 70.3 Å². The van der Waals surface area contributed by atoms with Gasteiger partial charge < -0.3 is 9.84 Å². The molecule has 12 heavy (non-hydrogen) atoms. The molecule has 0 bridgehead atoms. The quantitative estimate of drug-likeness (QED) is 0.626. The molecule has 4 nitrogen and oxygen atoms in total. The van der Waals surface area contributed by atoms with Crippen molar-refractivity contribution in [3.8, 4) is 6.07 Å². The Morgan fingerprint density at radius 2 is 2.25 bits per heavy atom. The molecule has 0 saturated carbocycles. The van der Waals surface area contributed by atoms with Crippen molar-refractivity contribution in [3.05, 3.63) is 0 Å². The van der Waals surface area contributed by atoms with Gasteiger partial charge in [0.1, 0.15) is 0 Å². The molecule has 0 aromatic rings. The minimum Gasteiger partial charge on any atom is -0.462 e. The molecule has 0 unspecified atom stereocenters. The summed E-state index contributed by atoms with van der Waals surface area (Å²) in [7, 11) is 0. The van der Waals surface area contributed by atoms with E-state index in [9.17, 15) is 4.79 Å². The Kier molecular flexibility index (Phi) is 3.71. The van der Waals surface area contributed by atoms with Gasteiger partial charge in [-0.05, 0) is 20.8 Å². The van der Waals surface area contributed by atoms with Crippen LogP contribution in [-0.2, 0) is 9.53 Å². The summed E-state index contributed by atoms with van der Waals surface area (Å²) < 4.78 is 4.78. The summed E-state index contributed by atoms with van der Waals surface area (Å²) >= 11 is 0. The number of nitrogens with zero attached hydrogens (tertiary/aromatic N) is 1. The van der Waals surface area contributed by atoms with Crippen LogP contribution in [-0.4, -0.2) is 23.8 Å². The molecular formula is C8H13NO3. The first-order chi connectivity index (χ1) is 5.46. The first-order valence-corrected chi connectivity index (χ1v) is 3.69. The fourth-order valence-corrected chi connectivity index (χ4v) is 0.490. The summed E-state index contributed by atoms with van der Waals surface area (Å²) in [6, 6.07) is 1.71. The van der Waals surface area contributed by atoms with E-state index in [1.807, 2.05) is 0 Å². The standard InChI is InChI=1S/C8H13NO3/c1-6(2)12-7(11)8(3,4-9)5-10/h6,10H,5H2,1-3H3/t8-/m0/s1. The van der Waals surface area contributed by atoms with Gasteiger partial charge in [-0.25, -0.2) is 0 Å². The van der Waals surface area contributed by atoms with Gasteiger partial charge in [0.15, 0.2) is 5.41 Å². The lowest BCUT2D eigenvalue weighted by Crippen LogP contribution is -2.33. The van der Waals surface area contributed by atoms with Gasteiger partial charge in [0, 0.05) is 0 Å². The molecule has 0 saturated heterocycles. The minimum atomic E-state index is -1.43. The summed E-state index contributed by atoms with van der Waals surface area (Å²) in [4.78, 5) is 11.1. The van der Waals surface area contributed by atoms with Gasteiger partial charge in [0.05, 0.1) is 18.8 Å². The van der Waals surface area contributed by atoms with Crippen LogP contribution in [0, 0.1) is 16.7 Å². The Hall–Kier alpha value is -1.08. The van der Waals surface area contributed by atoms with Crippen molar-refractivity contribution in [2.24, 2.45) is 5.41 Å². The van der Waals surface area contributed by atoms with E-state index < -0.39 is 18.0 Å². The van der Waals surface area contributed by atoms with E-state index in [1.54, 1.807) is 19.9 Å². The van der Waals surface area contributed by atoms with Crippen LogP contribution in [0.15, 0.2) is 0 Å². The highest BCUT2D eigenvalue weighted by Crippen LogP contribution is 2.16. The molecule has 0 heterocycles. The van der Waals surface area contributed by atoms with Crippen LogP contribution >= 0.6 is 0 Å². The zero-order chi connectivity index (χ0) is 9.78. The van der Waals surface area contributed by atoms with Crippen LogP contribution in [0.25, 0.3) is 0 Å². The number of aliphatic hydroxyl groups is 1. The molecule has 4 heteroatoms. The Morgan fingerprint density at radius 3 is 2.50 bits per heavy atom. The molecule has 0 radical (unpaired) electrons. The van der Waals surface area contributed by atoms with E-state index >= 15 is 0 Å². The van der Waals surface area contributed by atoms with Crippen molar-refractivity contribution < 1.29 is 14.6 Å². The van der Waals surface area contributed by atoms with Gasteiger partial charge in [0.25, 0.3) is 0 Å². The molecule has 0 fully saturated rings. The number of esters is 1. The Balaban J connectivity index is 4.36. The zero-order valence-corrected chi connectivity index (χ0v) is 7.50. The van der Waals surface area contributed by atoms with E-state index in [0.717, 1.165) is 0 Å². The Bertz CT molecular complexity index is 207. The van der Waals surface area contributed by atoms with Crippen LogP contribution in [0.3, 0.4) is 0 Å². The predicted octanol–water partition coefficient (Wildman–Crippen LogP) is 0.460. The van der Waals surface area contributed by atoms with Crippen LogP contribution in [0.2, 0.25) is 0 Å². The lowest BCUT2D eigenvalue weighted by Gasteiger charge is -2.18. The van der Waals surface area contributed by atoms with Crippen molar-refractivity contribution in [3.63, 3.8) is 0 Å². The Morgan fingerprint density at radius 1 is 1.75 bits per heavy atom. The van der Waals surface area contributed by atoms with Gasteiger partial charge in [-0.3, -0.25) is 4.79 Å². The number of rotatable bonds is 3. The van der Waals surface area contributed by atoms with Gasteiger partial charge in [-0.1, -0.05) is 0 Å². The summed E-state index contributed by atoms with van der Waals surface area (Å²) in [6.45, 7) is 4.20. The molecule has 0 spiro atoms. The lowest BCUT2D eigenvalue weighted by atomic mass is 9.94. The lowest BCUT2D eigenvalue weighted by molar-refractivity contribution is -0.157. The number of hydrogen-bond acceptors (Lipinski definition) is 4. The average Bonchev–Trinajstić information content (AvgIpc) is 2.02. The molecular weight excluding hydrogens is 158 g/mol. The molecule has 0 aliphatic carbocycles. The number of carbonyl (C=O) groups excluding carboxylic acids is 1. The molecule has 0 aromatic heterocycles. The van der Waals surface area contributed by atoms with Crippen molar-refractivity contribution >= 4 is 5.97 Å². The summed E-state index contributed by atoms with van der Waals surface area (Å²) in [5, 5.41) is 17.3. The van der Waals surface area contributed by atoms with Gasteiger partial charge in [-0.2, -0.15) is 5.26 Å². The molecule has 0 amide bonds. The van der Waals surface area contributed by atoms with Crippen LogP contribution in [0.1, 0.15) is 20.8 Å². The number of nitriles is 1. The van der Waals surface area contributed by atoms with E-state index in [1.165, 1.54) is 6.92 Å². The molecule has 68 valence electrons. The molecule has 0 rings (SSSR count). The van der Waals surface area contributed by atoms with Crippen molar-refractivity contribution in [1.82, 2.24) is 0 Å². The SMILES string of the molecule is CC(C)OC(=O)[C@@](C)(C#N)CO. The highest BCUT2D eigenvalue weighted by atomic mass is 16.5. The molecule has 1 N–H and O–H groups in total. The van der Waals surface area contributed by atoms with Crippen molar-refractivity contribution in [2.45, 2.75) is 26.9 Å². The second-order valence-electron chi connectivity index (χ2n) is 3.06. The summed E-state index contributed by atoms with van der Waals surface area (Å²) in [6.07, 6.45) is -0.267. The molecule has 1 atom stereocenters. The maximum Gasteiger partial charge on any atom is 0.328 e. The van der Waals surface area contributed by atoms with Crippen LogP contribution in [0.5, 0.6) is 0 Å². The van der Waals surface area contributed by atoms with Crippen LogP contribution in [0.4, 0.5) is 0 Å². The van der Waals surface area contributed by atoms with Gasteiger partial charge >= 0.3 is 5.97 Å². The third-order valence-corrected chi connectivity index (χ3v) is 1.36. The van der Waals surface area contributed by atoms with E-state index in [0.29, 0.717) is 0 Å². The smallest absolute Gasteiger partial charge is 0.328 e. The number of aliphatic hydroxyl groups excluding tert-OH is 1. The second-order valence-corrected chi connectivity index (χ2v) is 3.06. The zero-order valence-electron chi connectivity index (χ0n) is 7.50. The highest BCUT2D eigenvalue weighted by molar-refractivity contribution is 5.79. The summed E-state index contributed by atoms with van der Waals surface area (Å²) in [5.41, 5.74) is -1.43. The fourth-order valence-electron chi connectivity index (χ4n) is 0.490. The monoisotopic (exact) mass is 171 g/mol. The number of ether oxygens (including phenoxy) is 1. The molecule has 0 aromatic carbocycles. The minimum absolute atomic E-state index is 0.267. The van der Waals surface area contributed by atoms with E-state index in [-0.39, 0.29) is 6.10 Å². The second kappa shape index (κ2) is 4.07. The maximum atomic E-state index is 11.1. The van der Waals surface area contributed by atoms with Gasteiger partial charge in [0.2, 0.25) is 0 Å². The van der Waals surface area contributed by atoms with E-state index in [2.05, 4.69) is 0 Å². The number of hydrogen-bond donors (Lipinski definition) is 1. The van der Waals surface area contributed by atoms with Crippen molar-refractivity contribution in [2.75, 3.05) is 6.61 Å². The predicted molar refractivity (Wildman–Crippen MR) is 42.0 cm³/mol. The first kappa shape index (κ1) is 10.9. The maximum absolute atomic E-state index is 11.1. The first-order valence-electron chi connectivity index (χ1n) is 3.69. The highest BCUT2D eigenvalue weighted by Gasteiger charge is 2.34. The Labute approximate surface area is 71.8 Å². The van der Waals surface area contributed by atoms with Crippen molar-refractivity contribution in [1.29, 1.82) is 5.26 Å². The average molecular weight is 171 g/mol. The molecule has 0 aliphatic rings. The van der Waals surface area contributed by atoms with Crippen LogP contribution < -0.4 is 0 Å². The largest absolute Gasteiger partial charge is 0.462 e. The van der Waals surface area contributed by atoms with Gasteiger partial charge in [-0.15, -0.1) is 0 Å². The summed E-state index contributed by atoms with van der Waals surface area (Å²) in [5.74, 6) is -0.678.